The van der Waals surface area contributed by atoms with E-state index < -0.39 is 18.0 Å². The fourth-order valence-electron chi connectivity index (χ4n) is 2.42. The third-order valence-corrected chi connectivity index (χ3v) is 3.72. The van der Waals surface area contributed by atoms with E-state index in [9.17, 15) is 9.59 Å². The molecular formula is C19H22N2O5. The summed E-state index contributed by atoms with van der Waals surface area (Å²) in [5, 5.41) is 5.30. The first-order chi connectivity index (χ1) is 12.6. The molecule has 7 nitrogen and oxygen atoms in total. The molecule has 0 bridgehead atoms. The molecule has 2 aromatic carbocycles. The topological polar surface area (TPSA) is 85.9 Å². The number of amides is 2. The van der Waals surface area contributed by atoms with Gasteiger partial charge in [-0.1, -0.05) is 30.3 Å². The van der Waals surface area contributed by atoms with Gasteiger partial charge in [-0.15, -0.1) is 0 Å². The van der Waals surface area contributed by atoms with Crippen molar-refractivity contribution in [1.82, 2.24) is 5.32 Å². The van der Waals surface area contributed by atoms with E-state index in [1.54, 1.807) is 18.2 Å². The highest BCUT2D eigenvalue weighted by Gasteiger charge is 2.22. The van der Waals surface area contributed by atoms with Crippen molar-refractivity contribution in [3.8, 4) is 11.5 Å². The zero-order valence-corrected chi connectivity index (χ0v) is 14.9. The number of benzene rings is 2. The summed E-state index contributed by atoms with van der Waals surface area (Å²) in [7, 11) is 4.32. The smallest absolute Gasteiger partial charge is 0.328 e. The van der Waals surface area contributed by atoms with Crippen molar-refractivity contribution in [3.63, 3.8) is 0 Å². The van der Waals surface area contributed by atoms with Crippen LogP contribution in [0.5, 0.6) is 11.5 Å². The number of rotatable bonds is 7. The number of ether oxygens (including phenoxy) is 3. The van der Waals surface area contributed by atoms with Crippen molar-refractivity contribution in [3.05, 3.63) is 54.1 Å². The van der Waals surface area contributed by atoms with E-state index in [0.717, 1.165) is 5.56 Å². The number of nitrogens with one attached hydrogen (secondary N) is 2. The molecule has 0 radical (unpaired) electrons. The number of urea groups is 1. The average Bonchev–Trinajstić information content (AvgIpc) is 2.67. The Labute approximate surface area is 152 Å². The molecule has 1 atom stereocenters. The van der Waals surface area contributed by atoms with Crippen molar-refractivity contribution in [1.29, 1.82) is 0 Å². The maximum absolute atomic E-state index is 12.3. The normalized spacial score (nSPS) is 11.2. The van der Waals surface area contributed by atoms with Crippen molar-refractivity contribution >= 4 is 17.7 Å². The summed E-state index contributed by atoms with van der Waals surface area (Å²) in [5.41, 5.74) is 1.41. The van der Waals surface area contributed by atoms with Gasteiger partial charge in [0.15, 0.2) is 11.5 Å². The van der Waals surface area contributed by atoms with Gasteiger partial charge in [-0.3, -0.25) is 0 Å². The fourth-order valence-corrected chi connectivity index (χ4v) is 2.42. The Morgan fingerprint density at radius 2 is 1.65 bits per heavy atom. The second kappa shape index (κ2) is 9.31. The molecule has 0 aliphatic heterocycles. The maximum atomic E-state index is 12.3. The SMILES string of the molecule is COC(=O)[C@H](Cc1ccccc1)NC(=O)Nc1ccc(OC)c(OC)c1. The molecule has 2 amide bonds. The van der Waals surface area contributed by atoms with Crippen molar-refractivity contribution in [2.75, 3.05) is 26.6 Å². The first-order valence-corrected chi connectivity index (χ1v) is 7.98. The summed E-state index contributed by atoms with van der Waals surface area (Å²) >= 11 is 0. The highest BCUT2D eigenvalue weighted by atomic mass is 16.5. The van der Waals surface area contributed by atoms with E-state index in [1.165, 1.54) is 21.3 Å². The van der Waals surface area contributed by atoms with E-state index in [-0.39, 0.29) is 0 Å². The number of hydrogen-bond acceptors (Lipinski definition) is 5. The third-order valence-electron chi connectivity index (χ3n) is 3.72. The summed E-state index contributed by atoms with van der Waals surface area (Å²) in [6.45, 7) is 0. The van der Waals surface area contributed by atoms with Gasteiger partial charge in [0.1, 0.15) is 6.04 Å². The Balaban J connectivity index is 2.06. The highest BCUT2D eigenvalue weighted by Crippen LogP contribution is 2.29. The average molecular weight is 358 g/mol. The van der Waals surface area contributed by atoms with Crippen LogP contribution in [0.1, 0.15) is 5.56 Å². The van der Waals surface area contributed by atoms with E-state index in [4.69, 9.17) is 14.2 Å². The lowest BCUT2D eigenvalue weighted by molar-refractivity contribution is -0.142. The standard InChI is InChI=1S/C19H22N2O5/c1-24-16-10-9-14(12-17(16)25-2)20-19(23)21-15(18(22)26-3)11-13-7-5-4-6-8-13/h4-10,12,15H,11H2,1-3H3,(H2,20,21,23)/t15-/m0/s1. The van der Waals surface area contributed by atoms with Gasteiger partial charge in [-0.05, 0) is 17.7 Å². The second-order valence-electron chi connectivity index (χ2n) is 5.43. The predicted octanol–water partition coefficient (Wildman–Crippen LogP) is 2.61. The van der Waals surface area contributed by atoms with Crippen LogP contribution in [0.25, 0.3) is 0 Å². The van der Waals surface area contributed by atoms with Gasteiger partial charge in [-0.2, -0.15) is 0 Å². The number of carbonyl (C=O) groups excluding carboxylic acids is 2. The molecule has 2 N–H and O–H groups in total. The largest absolute Gasteiger partial charge is 0.493 e. The third kappa shape index (κ3) is 5.14. The predicted molar refractivity (Wildman–Crippen MR) is 97.7 cm³/mol. The number of esters is 1. The number of methoxy groups -OCH3 is 3. The molecule has 0 unspecified atom stereocenters. The van der Waals surface area contributed by atoms with Crippen LogP contribution in [0.2, 0.25) is 0 Å². The monoisotopic (exact) mass is 358 g/mol. The first-order valence-electron chi connectivity index (χ1n) is 7.98. The molecule has 26 heavy (non-hydrogen) atoms. The molecular weight excluding hydrogens is 336 g/mol. The first kappa shape index (κ1) is 19.1. The summed E-state index contributed by atoms with van der Waals surface area (Å²) in [6.07, 6.45) is 0.326. The van der Waals surface area contributed by atoms with Crippen LogP contribution < -0.4 is 20.1 Å². The number of carbonyl (C=O) groups is 2. The van der Waals surface area contributed by atoms with E-state index in [2.05, 4.69) is 10.6 Å². The summed E-state index contributed by atoms with van der Waals surface area (Å²) in [6, 6.07) is 13.0. The van der Waals surface area contributed by atoms with Crippen molar-refractivity contribution in [2.24, 2.45) is 0 Å². The van der Waals surface area contributed by atoms with Gasteiger partial charge in [-0.25, -0.2) is 9.59 Å². The summed E-state index contributed by atoms with van der Waals surface area (Å²) < 4.78 is 15.1. The van der Waals surface area contributed by atoms with Crippen LogP contribution in [-0.2, 0) is 16.0 Å². The van der Waals surface area contributed by atoms with Crippen LogP contribution in [-0.4, -0.2) is 39.4 Å². The lowest BCUT2D eigenvalue weighted by Crippen LogP contribution is -2.45. The minimum atomic E-state index is -0.803. The fraction of sp³-hybridized carbons (Fsp3) is 0.263. The van der Waals surface area contributed by atoms with Gasteiger partial charge >= 0.3 is 12.0 Å². The van der Waals surface area contributed by atoms with Gasteiger partial charge < -0.3 is 24.8 Å². The van der Waals surface area contributed by atoms with Gasteiger partial charge in [0.2, 0.25) is 0 Å². The van der Waals surface area contributed by atoms with Crippen molar-refractivity contribution in [2.45, 2.75) is 12.5 Å². The van der Waals surface area contributed by atoms with Gasteiger partial charge in [0.25, 0.3) is 0 Å². The Bertz CT molecular complexity index is 749. The van der Waals surface area contributed by atoms with Crippen LogP contribution in [0.15, 0.2) is 48.5 Å². The van der Waals surface area contributed by atoms with Crippen LogP contribution in [0.3, 0.4) is 0 Å². The number of hydrogen-bond donors (Lipinski definition) is 2. The van der Waals surface area contributed by atoms with E-state index in [0.29, 0.717) is 23.6 Å². The molecule has 7 heteroatoms. The molecule has 138 valence electrons. The van der Waals surface area contributed by atoms with Gasteiger partial charge in [0, 0.05) is 18.2 Å². The highest BCUT2D eigenvalue weighted by molar-refractivity contribution is 5.93. The van der Waals surface area contributed by atoms with Crippen LogP contribution in [0, 0.1) is 0 Å². The summed E-state index contributed by atoms with van der Waals surface area (Å²) in [5.74, 6) is 0.519. The molecule has 0 aliphatic rings. The van der Waals surface area contributed by atoms with Crippen LogP contribution >= 0.6 is 0 Å². The molecule has 0 saturated carbocycles. The zero-order valence-electron chi connectivity index (χ0n) is 14.9. The lowest BCUT2D eigenvalue weighted by Gasteiger charge is -2.17. The van der Waals surface area contributed by atoms with Crippen molar-refractivity contribution < 1.29 is 23.8 Å². The molecule has 0 aromatic heterocycles. The number of anilines is 1. The molecule has 0 heterocycles. The van der Waals surface area contributed by atoms with Gasteiger partial charge in [0.05, 0.1) is 21.3 Å². The Morgan fingerprint density at radius 1 is 0.962 bits per heavy atom. The van der Waals surface area contributed by atoms with Crippen LogP contribution in [0.4, 0.5) is 10.5 Å². The van der Waals surface area contributed by atoms with E-state index in [1.807, 2.05) is 30.3 Å². The Kier molecular flexibility index (Phi) is 6.84. The molecule has 0 aliphatic carbocycles. The molecule has 2 aromatic rings. The molecule has 0 saturated heterocycles. The maximum Gasteiger partial charge on any atom is 0.328 e. The molecule has 2 rings (SSSR count). The molecule has 0 fully saturated rings. The van der Waals surface area contributed by atoms with E-state index >= 15 is 0 Å². The Hall–Kier alpha value is -3.22. The quantitative estimate of drug-likeness (QED) is 0.743. The second-order valence-corrected chi connectivity index (χ2v) is 5.43. The minimum absolute atomic E-state index is 0.326. The Morgan fingerprint density at radius 3 is 2.27 bits per heavy atom. The minimum Gasteiger partial charge on any atom is -0.493 e. The zero-order chi connectivity index (χ0) is 18.9. The lowest BCUT2D eigenvalue weighted by atomic mass is 10.1. The molecule has 0 spiro atoms. The summed E-state index contributed by atoms with van der Waals surface area (Å²) in [4.78, 5) is 24.3.